The quantitative estimate of drug-likeness (QED) is 0.453. The molecule has 1 aromatic carbocycles. The number of nitrogens with zero attached hydrogens (tertiary/aromatic N) is 2. The number of alkyl halides is 1. The molecule has 2 unspecified atom stereocenters. The lowest BCUT2D eigenvalue weighted by Crippen LogP contribution is -2.35. The van der Waals surface area contributed by atoms with Gasteiger partial charge in [-0.05, 0) is 24.8 Å². The molecule has 10 nitrogen and oxygen atoms in total. The Balaban J connectivity index is 0.00000205. The van der Waals surface area contributed by atoms with Crippen LogP contribution >= 0.6 is 0 Å². The van der Waals surface area contributed by atoms with E-state index in [9.17, 15) is 23.6 Å². The highest BCUT2D eigenvalue weighted by Gasteiger charge is 2.38. The van der Waals surface area contributed by atoms with Gasteiger partial charge in [-0.1, -0.05) is 20.8 Å². The van der Waals surface area contributed by atoms with Crippen molar-refractivity contribution in [3.8, 4) is 5.75 Å². The van der Waals surface area contributed by atoms with Gasteiger partial charge in [-0.3, -0.25) is 18.8 Å². The number of carbonyl (C=O) groups is 3. The van der Waals surface area contributed by atoms with Crippen LogP contribution in [-0.4, -0.2) is 56.7 Å². The van der Waals surface area contributed by atoms with E-state index in [1.165, 1.54) is 13.3 Å². The summed E-state index contributed by atoms with van der Waals surface area (Å²) in [4.78, 5) is 50.6. The summed E-state index contributed by atoms with van der Waals surface area (Å²) in [7, 11) is -0.641. The van der Waals surface area contributed by atoms with E-state index in [-0.39, 0.29) is 34.7 Å². The minimum Gasteiger partial charge on any atom is -0.492 e. The maximum atomic E-state index is 15.5. The Hall–Kier alpha value is -3.64. The van der Waals surface area contributed by atoms with Crippen LogP contribution in [0.3, 0.4) is 0 Å². The normalized spacial score (nSPS) is 18.2. The van der Waals surface area contributed by atoms with Crippen LogP contribution in [0, 0.1) is 17.7 Å². The van der Waals surface area contributed by atoms with Crippen LogP contribution < -0.4 is 15.1 Å². The van der Waals surface area contributed by atoms with E-state index in [4.69, 9.17) is 9.39 Å². The highest BCUT2D eigenvalue weighted by Crippen LogP contribution is 2.45. The number of anilines is 1. The van der Waals surface area contributed by atoms with Crippen molar-refractivity contribution in [3.63, 3.8) is 0 Å². The number of benzene rings is 1. The topological polar surface area (TPSA) is 113 Å². The first kappa shape index (κ1) is 29.9. The van der Waals surface area contributed by atoms with E-state index in [0.29, 0.717) is 18.6 Å². The lowest BCUT2D eigenvalue weighted by atomic mass is 10.0. The number of aromatic nitrogens is 1. The first-order valence-electron chi connectivity index (χ1n) is 12.9. The third-order valence-corrected chi connectivity index (χ3v) is 6.57. The third kappa shape index (κ3) is 6.34. The van der Waals surface area contributed by atoms with E-state index in [0.717, 1.165) is 32.8 Å². The van der Waals surface area contributed by atoms with Crippen molar-refractivity contribution in [2.75, 3.05) is 31.8 Å². The van der Waals surface area contributed by atoms with Gasteiger partial charge in [0.2, 0.25) is 5.43 Å². The SMILES string of the molecule is CC.COc1c(N2CC(C)C(CF)C2)c(F)cc2c(=O)c(C(=O)OB(OC(C)=O)OC(C)=O)cn(C3CC3)c12. The maximum Gasteiger partial charge on any atom is 0.870 e. The summed E-state index contributed by atoms with van der Waals surface area (Å²) in [6.07, 6.45) is 2.78. The molecule has 0 N–H and O–H groups in total. The number of pyridine rings is 1. The van der Waals surface area contributed by atoms with Crippen molar-refractivity contribution in [1.29, 1.82) is 0 Å². The number of halogens is 2. The Labute approximate surface area is 225 Å². The standard InChI is InChI=1S/C24H27BF2N2O8.C2H6/c1-12-9-28(10-15(12)8-26)21-19(27)7-17-20(23(21)34-4)29(16-5-6-16)11-18(22(17)32)24(33)37-25(35-13(2)30)36-14(3)31;1-2/h7,11-12,15-16H,5-6,8-10H2,1-4H3;1-2H3. The molecule has 4 rings (SSSR count). The van der Waals surface area contributed by atoms with Crippen molar-refractivity contribution >= 4 is 41.8 Å². The Morgan fingerprint density at radius 3 is 2.18 bits per heavy atom. The van der Waals surface area contributed by atoms with Crippen LogP contribution in [0.5, 0.6) is 5.75 Å². The van der Waals surface area contributed by atoms with E-state index in [2.05, 4.69) is 9.31 Å². The predicted octanol–water partition coefficient (Wildman–Crippen LogP) is 3.82. The summed E-state index contributed by atoms with van der Waals surface area (Å²) in [6.45, 7) is 8.11. The van der Waals surface area contributed by atoms with Gasteiger partial charge in [-0.15, -0.1) is 0 Å². The van der Waals surface area contributed by atoms with Crippen LogP contribution in [0.1, 0.15) is 63.9 Å². The van der Waals surface area contributed by atoms with E-state index < -0.39 is 48.7 Å². The zero-order chi connectivity index (χ0) is 29.0. The monoisotopic (exact) mass is 550 g/mol. The van der Waals surface area contributed by atoms with Crippen LogP contribution in [0.4, 0.5) is 14.5 Å². The fourth-order valence-electron chi connectivity index (χ4n) is 4.63. The zero-order valence-electron chi connectivity index (χ0n) is 22.9. The summed E-state index contributed by atoms with van der Waals surface area (Å²) in [6, 6.07) is 0.949. The molecule has 0 bridgehead atoms. The molecule has 13 heteroatoms. The molecule has 2 aliphatic rings. The van der Waals surface area contributed by atoms with Crippen molar-refractivity contribution in [1.82, 2.24) is 4.57 Å². The van der Waals surface area contributed by atoms with E-state index in [1.54, 1.807) is 9.47 Å². The Morgan fingerprint density at radius 2 is 1.69 bits per heavy atom. The second-order valence-corrected chi connectivity index (χ2v) is 9.36. The van der Waals surface area contributed by atoms with Gasteiger partial charge in [-0.2, -0.15) is 0 Å². The van der Waals surface area contributed by atoms with Crippen LogP contribution in [0.25, 0.3) is 10.9 Å². The van der Waals surface area contributed by atoms with Crippen molar-refractivity contribution < 1.29 is 41.9 Å². The minimum atomic E-state index is -2.00. The number of methoxy groups -OCH3 is 1. The molecule has 1 saturated carbocycles. The second kappa shape index (κ2) is 12.5. The van der Waals surface area contributed by atoms with Gasteiger partial charge in [0.25, 0.3) is 11.9 Å². The highest BCUT2D eigenvalue weighted by atomic mass is 19.1. The van der Waals surface area contributed by atoms with Gasteiger partial charge >= 0.3 is 13.3 Å². The van der Waals surface area contributed by atoms with Gasteiger partial charge in [0, 0.05) is 45.1 Å². The van der Waals surface area contributed by atoms with Gasteiger partial charge in [-0.25, -0.2) is 9.18 Å². The van der Waals surface area contributed by atoms with Gasteiger partial charge < -0.3 is 28.2 Å². The molecule has 0 spiro atoms. The molecule has 39 heavy (non-hydrogen) atoms. The first-order valence-corrected chi connectivity index (χ1v) is 12.9. The van der Waals surface area contributed by atoms with Gasteiger partial charge in [0.1, 0.15) is 11.3 Å². The van der Waals surface area contributed by atoms with E-state index in [1.807, 2.05) is 20.8 Å². The summed E-state index contributed by atoms with van der Waals surface area (Å²) >= 11 is 0. The second-order valence-electron chi connectivity index (χ2n) is 9.36. The molecular formula is C26H33BF2N2O8. The number of rotatable bonds is 8. The molecule has 1 aliphatic carbocycles. The highest BCUT2D eigenvalue weighted by molar-refractivity contribution is 6.44. The lowest BCUT2D eigenvalue weighted by Gasteiger charge is -2.25. The number of hydrogen-bond acceptors (Lipinski definition) is 9. The molecule has 1 saturated heterocycles. The van der Waals surface area contributed by atoms with Gasteiger partial charge in [0.15, 0.2) is 11.6 Å². The molecule has 1 aliphatic heterocycles. The molecular weight excluding hydrogens is 517 g/mol. The van der Waals surface area contributed by atoms with Crippen molar-refractivity contribution in [2.24, 2.45) is 11.8 Å². The largest absolute Gasteiger partial charge is 0.870 e. The van der Waals surface area contributed by atoms with Crippen LogP contribution in [-0.2, 0) is 23.6 Å². The minimum absolute atomic E-state index is 0.00466. The number of carbonyl (C=O) groups excluding carboxylic acids is 3. The molecule has 0 amide bonds. The summed E-state index contributed by atoms with van der Waals surface area (Å²) < 4.78 is 50.6. The average molecular weight is 550 g/mol. The average Bonchev–Trinajstić information content (AvgIpc) is 3.65. The summed E-state index contributed by atoms with van der Waals surface area (Å²) in [5, 5.41) is -0.120. The van der Waals surface area contributed by atoms with Gasteiger partial charge in [0.05, 0.1) is 24.7 Å². The molecule has 0 radical (unpaired) electrons. The molecule has 2 heterocycles. The zero-order valence-corrected chi connectivity index (χ0v) is 22.9. The number of ether oxygens (including phenoxy) is 1. The molecule has 2 aromatic rings. The fraction of sp³-hybridized carbons (Fsp3) is 0.538. The predicted molar refractivity (Wildman–Crippen MR) is 140 cm³/mol. The first-order chi connectivity index (χ1) is 18.5. The number of fused-ring (bicyclic) bond motifs is 1. The maximum absolute atomic E-state index is 15.5. The van der Waals surface area contributed by atoms with Crippen LogP contribution in [0.15, 0.2) is 17.1 Å². The molecule has 1 aromatic heterocycles. The summed E-state index contributed by atoms with van der Waals surface area (Å²) in [5.74, 6) is -3.91. The third-order valence-electron chi connectivity index (χ3n) is 6.57. The van der Waals surface area contributed by atoms with Crippen LogP contribution in [0.2, 0.25) is 0 Å². The smallest absolute Gasteiger partial charge is 0.492 e. The van der Waals surface area contributed by atoms with Crippen molar-refractivity contribution in [2.45, 2.75) is 53.5 Å². The van der Waals surface area contributed by atoms with E-state index >= 15 is 4.39 Å². The fourth-order valence-corrected chi connectivity index (χ4v) is 4.63. The Kier molecular flexibility index (Phi) is 9.57. The lowest BCUT2D eigenvalue weighted by molar-refractivity contribution is -0.139. The molecule has 2 fully saturated rings. The van der Waals surface area contributed by atoms with Crippen molar-refractivity contribution in [3.05, 3.63) is 33.9 Å². The Morgan fingerprint density at radius 1 is 1.08 bits per heavy atom. The number of hydrogen-bond donors (Lipinski definition) is 0. The Bertz CT molecular complexity index is 1300. The molecule has 2 atom stereocenters. The summed E-state index contributed by atoms with van der Waals surface area (Å²) in [5.41, 5.74) is -0.880. The molecule has 212 valence electrons.